The summed E-state index contributed by atoms with van der Waals surface area (Å²) in [6, 6.07) is 1.67. The number of hydrogen-bond donors (Lipinski definition) is 2. The summed E-state index contributed by atoms with van der Waals surface area (Å²) < 4.78 is 10.1. The molecule has 0 saturated carbocycles. The van der Waals surface area contributed by atoms with E-state index in [2.05, 4.69) is 15.8 Å². The molecule has 2 heterocycles. The van der Waals surface area contributed by atoms with Crippen molar-refractivity contribution in [1.29, 1.82) is 0 Å². The molecule has 2 aromatic rings. The van der Waals surface area contributed by atoms with Gasteiger partial charge in [0.1, 0.15) is 11.3 Å². The van der Waals surface area contributed by atoms with Crippen LogP contribution in [0.25, 0.3) is 0 Å². The zero-order valence-electron chi connectivity index (χ0n) is 14.1. The summed E-state index contributed by atoms with van der Waals surface area (Å²) in [7, 11) is 0. The number of fused-ring (bicyclic) bond motifs is 1. The minimum atomic E-state index is -0.285. The largest absolute Gasteiger partial charge is 0.462 e. The topological polar surface area (TPSA) is 76.4 Å². The number of rotatable bonds is 4. The predicted octanol–water partition coefficient (Wildman–Crippen LogP) is 4.38. The van der Waals surface area contributed by atoms with Crippen LogP contribution in [0, 0.1) is 0 Å². The molecule has 0 aliphatic heterocycles. The first kappa shape index (κ1) is 17.9. The highest BCUT2D eigenvalue weighted by atomic mass is 32.1. The molecule has 0 unspecified atom stereocenters. The fourth-order valence-corrected chi connectivity index (χ4v) is 4.51. The number of thiophene rings is 1. The quantitative estimate of drug-likeness (QED) is 0.603. The molecule has 0 aromatic carbocycles. The zero-order chi connectivity index (χ0) is 17.6. The Kier molecular flexibility index (Phi) is 6.04. The molecular weight excluding hydrogens is 358 g/mol. The summed E-state index contributed by atoms with van der Waals surface area (Å²) in [5, 5.41) is 11.0. The molecule has 0 fully saturated rings. The van der Waals surface area contributed by atoms with Crippen LogP contribution in [0.5, 0.6) is 0 Å². The Morgan fingerprint density at radius 3 is 2.84 bits per heavy atom. The Hall–Kier alpha value is -1.93. The number of nitrogens with one attached hydrogen (secondary N) is 2. The Balaban J connectivity index is 1.86. The van der Waals surface area contributed by atoms with Gasteiger partial charge < -0.3 is 19.9 Å². The molecule has 134 valence electrons. The molecule has 1 aliphatic rings. The lowest BCUT2D eigenvalue weighted by molar-refractivity contribution is 0.0526. The van der Waals surface area contributed by atoms with E-state index >= 15 is 0 Å². The number of aromatic nitrogens is 1. The maximum absolute atomic E-state index is 12.5. The van der Waals surface area contributed by atoms with Crippen molar-refractivity contribution in [3.05, 3.63) is 28.3 Å². The molecule has 8 heteroatoms. The number of carbonyl (C=O) groups excluding carboxylic acids is 1. The lowest BCUT2D eigenvalue weighted by atomic mass is 9.96. The van der Waals surface area contributed by atoms with E-state index in [1.807, 2.05) is 6.92 Å². The van der Waals surface area contributed by atoms with Crippen molar-refractivity contribution < 1.29 is 14.1 Å². The third-order valence-corrected chi connectivity index (χ3v) is 5.47. The van der Waals surface area contributed by atoms with Crippen LogP contribution in [-0.2, 0) is 17.6 Å². The zero-order valence-corrected chi connectivity index (χ0v) is 15.7. The van der Waals surface area contributed by atoms with Crippen molar-refractivity contribution in [3.8, 4) is 0 Å². The molecule has 6 nitrogen and oxygen atoms in total. The van der Waals surface area contributed by atoms with Crippen LogP contribution in [0.1, 0.15) is 53.4 Å². The lowest BCUT2D eigenvalue weighted by Gasteiger charge is -2.12. The molecule has 1 aliphatic carbocycles. The highest BCUT2D eigenvalue weighted by molar-refractivity contribution is 7.80. The van der Waals surface area contributed by atoms with Gasteiger partial charge in [0, 0.05) is 10.9 Å². The van der Waals surface area contributed by atoms with Crippen LogP contribution in [-0.4, -0.2) is 22.8 Å². The summed E-state index contributed by atoms with van der Waals surface area (Å²) in [4.78, 5) is 13.8. The SMILES string of the molecule is CCOC(=O)c1c(NC(=S)Nc2ccon2)sc2c1CCCCCC2. The summed E-state index contributed by atoms with van der Waals surface area (Å²) in [5.74, 6) is 0.234. The van der Waals surface area contributed by atoms with Crippen molar-refractivity contribution in [2.45, 2.75) is 45.4 Å². The second-order valence-electron chi connectivity index (χ2n) is 5.81. The van der Waals surface area contributed by atoms with Gasteiger partial charge in [-0.3, -0.25) is 0 Å². The second kappa shape index (κ2) is 8.44. The molecule has 0 bridgehead atoms. The molecule has 3 rings (SSSR count). The van der Waals surface area contributed by atoms with Crippen molar-refractivity contribution in [1.82, 2.24) is 5.16 Å². The monoisotopic (exact) mass is 379 g/mol. The molecule has 0 radical (unpaired) electrons. The molecule has 25 heavy (non-hydrogen) atoms. The molecule has 0 atom stereocenters. The normalized spacial score (nSPS) is 14.1. The number of nitrogens with zero attached hydrogens (tertiary/aromatic N) is 1. The minimum Gasteiger partial charge on any atom is -0.462 e. The van der Waals surface area contributed by atoms with E-state index in [4.69, 9.17) is 21.5 Å². The van der Waals surface area contributed by atoms with Gasteiger partial charge in [0.15, 0.2) is 10.9 Å². The van der Waals surface area contributed by atoms with E-state index in [0.717, 1.165) is 36.2 Å². The molecule has 2 aromatic heterocycles. The van der Waals surface area contributed by atoms with Crippen LogP contribution < -0.4 is 10.6 Å². The summed E-state index contributed by atoms with van der Waals surface area (Å²) >= 11 is 6.94. The summed E-state index contributed by atoms with van der Waals surface area (Å²) in [6.07, 6.45) is 8.05. The Morgan fingerprint density at radius 2 is 2.12 bits per heavy atom. The predicted molar refractivity (Wildman–Crippen MR) is 102 cm³/mol. The molecule has 0 saturated heterocycles. The average molecular weight is 380 g/mol. The molecule has 0 amide bonds. The van der Waals surface area contributed by atoms with E-state index < -0.39 is 0 Å². The maximum atomic E-state index is 12.5. The van der Waals surface area contributed by atoms with Crippen LogP contribution in [0.4, 0.5) is 10.8 Å². The molecular formula is C17H21N3O3S2. The first-order chi connectivity index (χ1) is 12.2. The average Bonchev–Trinajstić information content (AvgIpc) is 3.16. The van der Waals surface area contributed by atoms with Gasteiger partial charge >= 0.3 is 5.97 Å². The van der Waals surface area contributed by atoms with Gasteiger partial charge in [-0.05, 0) is 50.4 Å². The molecule has 2 N–H and O–H groups in total. The Morgan fingerprint density at radius 1 is 1.32 bits per heavy atom. The third-order valence-electron chi connectivity index (χ3n) is 4.06. The van der Waals surface area contributed by atoms with Gasteiger partial charge in [-0.1, -0.05) is 18.0 Å². The highest BCUT2D eigenvalue weighted by Gasteiger charge is 2.25. The van der Waals surface area contributed by atoms with Crippen molar-refractivity contribution in [3.63, 3.8) is 0 Å². The van der Waals surface area contributed by atoms with Crippen LogP contribution in [0.2, 0.25) is 0 Å². The van der Waals surface area contributed by atoms with E-state index in [1.54, 1.807) is 17.4 Å². The summed E-state index contributed by atoms with van der Waals surface area (Å²) in [5.41, 5.74) is 1.75. The Bertz CT molecular complexity index is 741. The smallest absolute Gasteiger partial charge is 0.341 e. The van der Waals surface area contributed by atoms with Gasteiger partial charge in [-0.2, -0.15) is 0 Å². The lowest BCUT2D eigenvalue weighted by Crippen LogP contribution is -2.20. The minimum absolute atomic E-state index is 0.285. The first-order valence-electron chi connectivity index (χ1n) is 8.49. The van der Waals surface area contributed by atoms with Crippen molar-refractivity contribution in [2.75, 3.05) is 17.2 Å². The van der Waals surface area contributed by atoms with Gasteiger partial charge in [-0.25, -0.2) is 4.79 Å². The fourth-order valence-electron chi connectivity index (χ4n) is 2.95. The number of carbonyl (C=O) groups is 1. The first-order valence-corrected chi connectivity index (χ1v) is 9.71. The van der Waals surface area contributed by atoms with Gasteiger partial charge in [0.2, 0.25) is 0 Å². The number of hydrogen-bond acceptors (Lipinski definition) is 6. The second-order valence-corrected chi connectivity index (χ2v) is 7.32. The number of thiocarbonyl (C=S) groups is 1. The van der Waals surface area contributed by atoms with E-state index in [1.165, 1.54) is 24.0 Å². The number of anilines is 2. The molecule has 0 spiro atoms. The number of ether oxygens (including phenoxy) is 1. The third kappa shape index (κ3) is 4.38. The van der Waals surface area contributed by atoms with Crippen molar-refractivity contribution in [2.24, 2.45) is 0 Å². The number of esters is 1. The van der Waals surface area contributed by atoms with Crippen LogP contribution in [0.3, 0.4) is 0 Å². The number of aryl methyl sites for hydroxylation is 1. The van der Waals surface area contributed by atoms with E-state index in [9.17, 15) is 4.79 Å². The fraction of sp³-hybridized carbons (Fsp3) is 0.471. The van der Waals surface area contributed by atoms with E-state index in [-0.39, 0.29) is 5.97 Å². The van der Waals surface area contributed by atoms with Gasteiger partial charge in [0.05, 0.1) is 12.2 Å². The maximum Gasteiger partial charge on any atom is 0.341 e. The summed E-state index contributed by atoms with van der Waals surface area (Å²) in [6.45, 7) is 2.17. The standard InChI is InChI=1S/C17H21N3O3S2/c1-2-22-16(21)14-11-7-5-3-4-6-8-12(11)25-15(14)19-17(24)18-13-9-10-23-20-13/h9-10H,2-8H2,1H3,(H2,18,19,20,24). The van der Waals surface area contributed by atoms with Gasteiger partial charge in [-0.15, -0.1) is 11.3 Å². The Labute approximate surface area is 155 Å². The van der Waals surface area contributed by atoms with Crippen LogP contribution >= 0.6 is 23.6 Å². The van der Waals surface area contributed by atoms with Crippen molar-refractivity contribution >= 4 is 45.5 Å². The van der Waals surface area contributed by atoms with Gasteiger partial charge in [0.25, 0.3) is 0 Å². The van der Waals surface area contributed by atoms with E-state index in [0.29, 0.717) is 23.1 Å². The van der Waals surface area contributed by atoms with Crippen LogP contribution in [0.15, 0.2) is 16.9 Å². The highest BCUT2D eigenvalue weighted by Crippen LogP contribution is 2.37.